The standard InChI is InChI=1S/C25H32N6O3/c1-14(2)17(12-26)22(32)29-16-8-6-7-15(9-16)10-19-23(33)31-20(24(34)30-19)11-18-21(25(3,4)5)28-13-27-18/h6-11,13-14,17H,12,26H2,1-5H3,(H,27,28)(H,29,32)(H,30,34)(H,31,33)/b19-10-,20-11-/t17-/m0/s1. The number of aromatic amines is 3. The molecule has 0 spiro atoms. The number of anilines is 1. The Kier molecular flexibility index (Phi) is 7.36. The molecule has 3 aromatic rings. The van der Waals surface area contributed by atoms with Crippen LogP contribution in [0.4, 0.5) is 5.69 Å². The second-order valence-electron chi connectivity index (χ2n) is 9.64. The summed E-state index contributed by atoms with van der Waals surface area (Å²) in [6, 6.07) is 7.01. The molecule has 0 aliphatic carbocycles. The number of carbonyl (C=O) groups is 1. The minimum atomic E-state index is -0.448. The van der Waals surface area contributed by atoms with Crippen molar-refractivity contribution < 1.29 is 4.79 Å². The zero-order chi connectivity index (χ0) is 25.0. The number of rotatable bonds is 6. The highest BCUT2D eigenvalue weighted by Crippen LogP contribution is 2.22. The molecule has 1 aromatic carbocycles. The molecule has 9 heteroatoms. The molecule has 3 rings (SSSR count). The smallest absolute Gasteiger partial charge is 0.272 e. The normalized spacial score (nSPS) is 14.0. The van der Waals surface area contributed by atoms with E-state index >= 15 is 0 Å². The van der Waals surface area contributed by atoms with Crippen LogP contribution in [0.15, 0.2) is 40.2 Å². The van der Waals surface area contributed by atoms with Gasteiger partial charge in [0.25, 0.3) is 11.1 Å². The number of carbonyl (C=O) groups excluding carboxylic acids is 1. The number of hydrogen-bond acceptors (Lipinski definition) is 5. The van der Waals surface area contributed by atoms with E-state index in [1.807, 2.05) is 34.6 Å². The molecule has 0 bridgehead atoms. The van der Waals surface area contributed by atoms with E-state index in [2.05, 4.69) is 25.3 Å². The van der Waals surface area contributed by atoms with E-state index in [0.29, 0.717) is 16.9 Å². The Hall–Kier alpha value is -3.72. The van der Waals surface area contributed by atoms with Gasteiger partial charge in [0.1, 0.15) is 10.7 Å². The van der Waals surface area contributed by atoms with Gasteiger partial charge in [-0.2, -0.15) is 0 Å². The first-order valence-electron chi connectivity index (χ1n) is 11.2. The lowest BCUT2D eigenvalue weighted by molar-refractivity contribution is -0.120. The summed E-state index contributed by atoms with van der Waals surface area (Å²) in [6.07, 6.45) is 4.67. The van der Waals surface area contributed by atoms with Crippen LogP contribution in [-0.4, -0.2) is 32.4 Å². The minimum Gasteiger partial charge on any atom is -0.348 e. The predicted molar refractivity (Wildman–Crippen MR) is 134 cm³/mol. The van der Waals surface area contributed by atoms with Crippen molar-refractivity contribution >= 4 is 23.7 Å². The zero-order valence-electron chi connectivity index (χ0n) is 20.2. The molecule has 0 unspecified atom stereocenters. The molecule has 6 N–H and O–H groups in total. The number of nitrogens with zero attached hydrogens (tertiary/aromatic N) is 1. The Morgan fingerprint density at radius 3 is 2.35 bits per heavy atom. The summed E-state index contributed by atoms with van der Waals surface area (Å²) >= 11 is 0. The number of imidazole rings is 1. The molecule has 0 saturated heterocycles. The average Bonchev–Trinajstić information content (AvgIpc) is 3.21. The van der Waals surface area contributed by atoms with Gasteiger partial charge >= 0.3 is 0 Å². The summed E-state index contributed by atoms with van der Waals surface area (Å²) in [5.41, 5.74) is 7.30. The number of H-pyrrole nitrogens is 3. The number of hydrogen-bond donors (Lipinski definition) is 5. The molecule has 0 saturated carbocycles. The zero-order valence-corrected chi connectivity index (χ0v) is 20.2. The SMILES string of the molecule is CC(C)[C@H](CN)C(=O)Nc1cccc(/C=c2\[nH]c(=O)/c(=C/c3nc[nH]c3C(C)(C)C)[nH]c2=O)c1. The third kappa shape index (κ3) is 5.79. The Bertz CT molecular complexity index is 1410. The molecule has 0 fully saturated rings. The number of nitrogens with two attached hydrogens (primary N) is 1. The van der Waals surface area contributed by atoms with Crippen molar-refractivity contribution in [2.45, 2.75) is 40.0 Å². The van der Waals surface area contributed by atoms with Gasteiger partial charge in [0.15, 0.2) is 0 Å². The molecule has 0 radical (unpaired) electrons. The van der Waals surface area contributed by atoms with Gasteiger partial charge in [-0.1, -0.05) is 46.8 Å². The first-order valence-corrected chi connectivity index (χ1v) is 11.2. The molecular weight excluding hydrogens is 432 g/mol. The fraction of sp³-hybridized carbons (Fsp3) is 0.360. The lowest BCUT2D eigenvalue weighted by atomic mass is 9.90. The first kappa shape index (κ1) is 24.9. The number of nitrogens with one attached hydrogen (secondary N) is 4. The summed E-state index contributed by atoms with van der Waals surface area (Å²) in [5.74, 6) is -0.350. The molecule has 2 aromatic heterocycles. The van der Waals surface area contributed by atoms with Crippen LogP contribution in [0.5, 0.6) is 0 Å². The van der Waals surface area contributed by atoms with Gasteiger partial charge < -0.3 is 26.0 Å². The quantitative estimate of drug-likeness (QED) is 0.368. The molecule has 34 heavy (non-hydrogen) atoms. The van der Waals surface area contributed by atoms with E-state index in [1.165, 1.54) is 0 Å². The van der Waals surface area contributed by atoms with E-state index in [4.69, 9.17) is 5.73 Å². The lowest BCUT2D eigenvalue weighted by Gasteiger charge is -2.18. The highest BCUT2D eigenvalue weighted by Gasteiger charge is 2.21. The Labute approximate surface area is 197 Å². The molecule has 2 heterocycles. The third-order valence-corrected chi connectivity index (χ3v) is 5.55. The van der Waals surface area contributed by atoms with Crippen molar-refractivity contribution in [3.8, 4) is 0 Å². The largest absolute Gasteiger partial charge is 0.348 e. The molecule has 180 valence electrons. The van der Waals surface area contributed by atoms with E-state index in [-0.39, 0.29) is 40.4 Å². The van der Waals surface area contributed by atoms with Crippen LogP contribution in [0.2, 0.25) is 0 Å². The van der Waals surface area contributed by atoms with Gasteiger partial charge in [0, 0.05) is 23.3 Å². The van der Waals surface area contributed by atoms with Gasteiger partial charge in [-0.05, 0) is 35.8 Å². The van der Waals surface area contributed by atoms with Gasteiger partial charge in [-0.3, -0.25) is 14.4 Å². The van der Waals surface area contributed by atoms with Crippen LogP contribution in [0, 0.1) is 11.8 Å². The maximum Gasteiger partial charge on any atom is 0.272 e. The van der Waals surface area contributed by atoms with Crippen molar-refractivity contribution in [1.82, 2.24) is 19.9 Å². The summed E-state index contributed by atoms with van der Waals surface area (Å²) < 4.78 is 0. The van der Waals surface area contributed by atoms with Crippen LogP contribution >= 0.6 is 0 Å². The highest BCUT2D eigenvalue weighted by molar-refractivity contribution is 5.93. The lowest BCUT2D eigenvalue weighted by Crippen LogP contribution is -2.46. The highest BCUT2D eigenvalue weighted by atomic mass is 16.2. The molecule has 0 aliphatic heterocycles. The van der Waals surface area contributed by atoms with Gasteiger partial charge in [-0.15, -0.1) is 0 Å². The summed E-state index contributed by atoms with van der Waals surface area (Å²) in [5, 5.41) is 3.08. The van der Waals surface area contributed by atoms with Gasteiger partial charge in [0.2, 0.25) is 5.91 Å². The Morgan fingerprint density at radius 1 is 1.12 bits per heavy atom. The topological polar surface area (TPSA) is 150 Å². The van der Waals surface area contributed by atoms with Crippen LogP contribution in [0.1, 0.15) is 51.6 Å². The van der Waals surface area contributed by atoms with Crippen LogP contribution < -0.4 is 32.9 Å². The van der Waals surface area contributed by atoms with Crippen molar-refractivity contribution in [3.05, 3.63) is 78.9 Å². The second-order valence-corrected chi connectivity index (χ2v) is 9.64. The molecular formula is C25H32N6O3. The van der Waals surface area contributed by atoms with E-state index < -0.39 is 11.1 Å². The summed E-state index contributed by atoms with van der Waals surface area (Å²) in [7, 11) is 0. The fourth-order valence-electron chi connectivity index (χ4n) is 3.64. The summed E-state index contributed by atoms with van der Waals surface area (Å²) in [4.78, 5) is 50.5. The van der Waals surface area contributed by atoms with Crippen molar-refractivity contribution in [3.63, 3.8) is 0 Å². The molecule has 1 atom stereocenters. The predicted octanol–water partition coefficient (Wildman–Crippen LogP) is 0.911. The maximum absolute atomic E-state index is 12.7. The van der Waals surface area contributed by atoms with E-state index in [1.54, 1.807) is 42.7 Å². The minimum absolute atomic E-state index is 0.103. The molecule has 1 amide bonds. The van der Waals surface area contributed by atoms with E-state index in [9.17, 15) is 14.4 Å². The van der Waals surface area contributed by atoms with Crippen molar-refractivity contribution in [1.29, 1.82) is 0 Å². The number of amides is 1. The van der Waals surface area contributed by atoms with Gasteiger partial charge in [-0.25, -0.2) is 4.98 Å². The van der Waals surface area contributed by atoms with Crippen LogP contribution in [-0.2, 0) is 10.2 Å². The first-order chi connectivity index (χ1) is 16.0. The Balaban J connectivity index is 1.96. The van der Waals surface area contributed by atoms with Crippen LogP contribution in [0.3, 0.4) is 0 Å². The fourth-order valence-corrected chi connectivity index (χ4v) is 3.64. The van der Waals surface area contributed by atoms with Crippen molar-refractivity contribution in [2.75, 3.05) is 11.9 Å². The average molecular weight is 465 g/mol. The van der Waals surface area contributed by atoms with Crippen molar-refractivity contribution in [2.24, 2.45) is 17.6 Å². The molecule has 9 nitrogen and oxygen atoms in total. The monoisotopic (exact) mass is 464 g/mol. The summed E-state index contributed by atoms with van der Waals surface area (Å²) in [6.45, 7) is 10.2. The number of benzene rings is 1. The Morgan fingerprint density at radius 2 is 1.76 bits per heavy atom. The third-order valence-electron chi connectivity index (χ3n) is 5.55. The second kappa shape index (κ2) is 10.0. The maximum atomic E-state index is 12.7. The van der Waals surface area contributed by atoms with E-state index in [0.717, 1.165) is 5.69 Å². The van der Waals surface area contributed by atoms with Crippen LogP contribution in [0.25, 0.3) is 12.2 Å². The number of aromatic nitrogens is 4. The van der Waals surface area contributed by atoms with Gasteiger partial charge in [0.05, 0.1) is 17.9 Å². The molecule has 0 aliphatic rings.